The molecule has 0 heterocycles. The second-order valence-corrected chi connectivity index (χ2v) is 4.65. The fourth-order valence-corrected chi connectivity index (χ4v) is 1.68. The average molecular weight is 236 g/mol. The lowest BCUT2D eigenvalue weighted by Gasteiger charge is -2.13. The third kappa shape index (κ3) is 4.53. The molecule has 0 amide bonds. The zero-order valence-electron chi connectivity index (χ0n) is 10.6. The van der Waals surface area contributed by atoms with Gasteiger partial charge >= 0.3 is 0 Å². The van der Waals surface area contributed by atoms with E-state index < -0.39 is 0 Å². The van der Waals surface area contributed by atoms with Gasteiger partial charge < -0.3 is 5.32 Å². The van der Waals surface area contributed by atoms with Crippen LogP contribution in [0.15, 0.2) is 24.3 Å². The molecular weight excluding hydrogens is 216 g/mol. The van der Waals surface area contributed by atoms with Gasteiger partial charge in [0.1, 0.15) is 0 Å². The maximum Gasteiger partial charge on any atom is 0.269 e. The lowest BCUT2D eigenvalue weighted by atomic mass is 9.97. The summed E-state index contributed by atoms with van der Waals surface area (Å²) in [6.45, 7) is 7.35. The quantitative estimate of drug-likeness (QED) is 0.610. The first-order chi connectivity index (χ1) is 8.00. The SMILES string of the molecule is CC(C)NCCC(C)c1ccc([N+](=O)[O-])cc1. The largest absolute Gasteiger partial charge is 0.315 e. The summed E-state index contributed by atoms with van der Waals surface area (Å²) in [5, 5.41) is 13.9. The van der Waals surface area contributed by atoms with Crippen molar-refractivity contribution in [1.29, 1.82) is 0 Å². The Morgan fingerprint density at radius 1 is 1.24 bits per heavy atom. The van der Waals surface area contributed by atoms with Crippen LogP contribution in [0.2, 0.25) is 0 Å². The monoisotopic (exact) mass is 236 g/mol. The van der Waals surface area contributed by atoms with Crippen molar-refractivity contribution in [2.45, 2.75) is 39.2 Å². The van der Waals surface area contributed by atoms with Crippen LogP contribution in [0.1, 0.15) is 38.7 Å². The molecule has 17 heavy (non-hydrogen) atoms. The molecule has 0 fully saturated rings. The predicted octanol–water partition coefficient (Wildman–Crippen LogP) is 3.09. The molecule has 0 aliphatic carbocycles. The third-order valence-electron chi connectivity index (χ3n) is 2.80. The van der Waals surface area contributed by atoms with Gasteiger partial charge in [-0.1, -0.05) is 32.9 Å². The van der Waals surface area contributed by atoms with Crippen LogP contribution in [0.5, 0.6) is 0 Å². The maximum absolute atomic E-state index is 10.5. The minimum Gasteiger partial charge on any atom is -0.315 e. The second-order valence-electron chi connectivity index (χ2n) is 4.65. The van der Waals surface area contributed by atoms with Crippen LogP contribution in [0.25, 0.3) is 0 Å². The highest BCUT2D eigenvalue weighted by atomic mass is 16.6. The Morgan fingerprint density at radius 2 is 1.82 bits per heavy atom. The van der Waals surface area contributed by atoms with E-state index in [0.717, 1.165) is 18.5 Å². The number of nitro groups is 1. The topological polar surface area (TPSA) is 55.2 Å². The number of rotatable bonds is 6. The lowest BCUT2D eigenvalue weighted by Crippen LogP contribution is -2.24. The number of non-ortho nitro benzene ring substituents is 1. The van der Waals surface area contributed by atoms with Gasteiger partial charge in [0.05, 0.1) is 4.92 Å². The highest BCUT2D eigenvalue weighted by molar-refractivity contribution is 5.34. The van der Waals surface area contributed by atoms with Crippen molar-refractivity contribution in [3.05, 3.63) is 39.9 Å². The van der Waals surface area contributed by atoms with Gasteiger partial charge in [0.25, 0.3) is 5.69 Å². The van der Waals surface area contributed by atoms with Gasteiger partial charge in [-0.2, -0.15) is 0 Å². The molecule has 1 unspecified atom stereocenters. The summed E-state index contributed by atoms with van der Waals surface area (Å²) >= 11 is 0. The smallest absolute Gasteiger partial charge is 0.269 e. The minimum absolute atomic E-state index is 0.154. The summed E-state index contributed by atoms with van der Waals surface area (Å²) in [7, 11) is 0. The number of nitro benzene ring substituents is 1. The Balaban J connectivity index is 2.51. The molecule has 1 atom stereocenters. The van der Waals surface area contributed by atoms with E-state index >= 15 is 0 Å². The van der Waals surface area contributed by atoms with Crippen molar-refractivity contribution in [3.8, 4) is 0 Å². The van der Waals surface area contributed by atoms with Gasteiger partial charge in [0.2, 0.25) is 0 Å². The highest BCUT2D eigenvalue weighted by Crippen LogP contribution is 2.21. The van der Waals surface area contributed by atoms with E-state index in [4.69, 9.17) is 0 Å². The molecule has 4 heteroatoms. The first-order valence-corrected chi connectivity index (χ1v) is 5.98. The molecule has 1 aromatic carbocycles. The molecule has 0 aromatic heterocycles. The number of hydrogen-bond acceptors (Lipinski definition) is 3. The maximum atomic E-state index is 10.5. The fourth-order valence-electron chi connectivity index (χ4n) is 1.68. The Kier molecular flexibility index (Phi) is 5.10. The summed E-state index contributed by atoms with van der Waals surface area (Å²) < 4.78 is 0. The van der Waals surface area contributed by atoms with Gasteiger partial charge in [-0.15, -0.1) is 0 Å². The van der Waals surface area contributed by atoms with Crippen LogP contribution in [0, 0.1) is 10.1 Å². The fraction of sp³-hybridized carbons (Fsp3) is 0.538. The first-order valence-electron chi connectivity index (χ1n) is 5.98. The van der Waals surface area contributed by atoms with Crippen molar-refractivity contribution in [2.24, 2.45) is 0 Å². The molecule has 0 aliphatic heterocycles. The Bertz CT molecular complexity index is 360. The van der Waals surface area contributed by atoms with Crippen LogP contribution < -0.4 is 5.32 Å². The van der Waals surface area contributed by atoms with E-state index in [-0.39, 0.29) is 10.6 Å². The second kappa shape index (κ2) is 6.35. The molecular formula is C13H20N2O2. The van der Waals surface area contributed by atoms with E-state index in [1.165, 1.54) is 0 Å². The standard InChI is InChI=1S/C13H20N2O2/c1-10(2)14-9-8-11(3)12-4-6-13(7-5-12)15(16)17/h4-7,10-11,14H,8-9H2,1-3H3. The van der Waals surface area contributed by atoms with E-state index in [9.17, 15) is 10.1 Å². The number of nitrogens with one attached hydrogen (secondary N) is 1. The van der Waals surface area contributed by atoms with Gasteiger partial charge in [-0.05, 0) is 24.4 Å². The predicted molar refractivity (Wildman–Crippen MR) is 69.3 cm³/mol. The zero-order chi connectivity index (χ0) is 12.8. The van der Waals surface area contributed by atoms with E-state index in [1.807, 2.05) is 12.1 Å². The molecule has 0 bridgehead atoms. The van der Waals surface area contributed by atoms with Crippen LogP contribution in [0.3, 0.4) is 0 Å². The van der Waals surface area contributed by atoms with Crippen LogP contribution >= 0.6 is 0 Å². The molecule has 94 valence electrons. The summed E-state index contributed by atoms with van der Waals surface area (Å²) in [6.07, 6.45) is 1.04. The summed E-state index contributed by atoms with van der Waals surface area (Å²) in [5.74, 6) is 0.419. The van der Waals surface area contributed by atoms with Crippen molar-refractivity contribution >= 4 is 5.69 Å². The Labute approximate surface area is 102 Å². The van der Waals surface area contributed by atoms with Gasteiger partial charge in [0, 0.05) is 18.2 Å². The Hall–Kier alpha value is -1.42. The highest BCUT2D eigenvalue weighted by Gasteiger charge is 2.08. The van der Waals surface area contributed by atoms with Crippen molar-refractivity contribution in [2.75, 3.05) is 6.54 Å². The molecule has 1 N–H and O–H groups in total. The molecule has 1 aromatic rings. The molecule has 0 saturated carbocycles. The van der Waals surface area contributed by atoms with Crippen molar-refractivity contribution in [1.82, 2.24) is 5.32 Å². The first kappa shape index (κ1) is 13.6. The van der Waals surface area contributed by atoms with Crippen LogP contribution in [-0.4, -0.2) is 17.5 Å². The van der Waals surface area contributed by atoms with Gasteiger partial charge in [0.15, 0.2) is 0 Å². The summed E-state index contributed by atoms with van der Waals surface area (Å²) in [5.41, 5.74) is 1.31. The third-order valence-corrected chi connectivity index (χ3v) is 2.80. The normalized spacial score (nSPS) is 12.7. The molecule has 0 aliphatic rings. The van der Waals surface area contributed by atoms with Crippen LogP contribution in [0.4, 0.5) is 5.69 Å². The van der Waals surface area contributed by atoms with Crippen LogP contribution in [-0.2, 0) is 0 Å². The number of hydrogen-bond donors (Lipinski definition) is 1. The molecule has 1 rings (SSSR count). The number of benzene rings is 1. The van der Waals surface area contributed by atoms with Gasteiger partial charge in [-0.3, -0.25) is 10.1 Å². The molecule has 0 saturated heterocycles. The van der Waals surface area contributed by atoms with E-state index in [1.54, 1.807) is 12.1 Å². The lowest BCUT2D eigenvalue weighted by molar-refractivity contribution is -0.384. The summed E-state index contributed by atoms with van der Waals surface area (Å²) in [6, 6.07) is 7.33. The molecule has 0 spiro atoms. The molecule has 4 nitrogen and oxygen atoms in total. The zero-order valence-corrected chi connectivity index (χ0v) is 10.6. The number of nitrogens with zero attached hydrogens (tertiary/aromatic N) is 1. The van der Waals surface area contributed by atoms with E-state index in [2.05, 4.69) is 26.1 Å². The molecule has 0 radical (unpaired) electrons. The van der Waals surface area contributed by atoms with Gasteiger partial charge in [-0.25, -0.2) is 0 Å². The summed E-state index contributed by atoms with van der Waals surface area (Å²) in [4.78, 5) is 10.2. The Morgan fingerprint density at radius 3 is 2.29 bits per heavy atom. The van der Waals surface area contributed by atoms with Crippen molar-refractivity contribution < 1.29 is 4.92 Å². The van der Waals surface area contributed by atoms with E-state index in [0.29, 0.717) is 12.0 Å². The van der Waals surface area contributed by atoms with Crippen molar-refractivity contribution in [3.63, 3.8) is 0 Å². The average Bonchev–Trinajstić information content (AvgIpc) is 2.28. The minimum atomic E-state index is -0.366.